The van der Waals surface area contributed by atoms with Gasteiger partial charge in [-0.2, -0.15) is 26.3 Å². The van der Waals surface area contributed by atoms with Gasteiger partial charge in [-0.05, 0) is 60.2 Å². The van der Waals surface area contributed by atoms with Crippen LogP contribution in [0.3, 0.4) is 0 Å². The lowest BCUT2D eigenvalue weighted by Gasteiger charge is -2.16. The van der Waals surface area contributed by atoms with Gasteiger partial charge < -0.3 is 0 Å². The summed E-state index contributed by atoms with van der Waals surface area (Å²) >= 11 is 0. The summed E-state index contributed by atoms with van der Waals surface area (Å²) in [7, 11) is 0. The molecular formula is C20H16F6O. The van der Waals surface area contributed by atoms with E-state index in [1.807, 2.05) is 6.92 Å². The quantitative estimate of drug-likeness (QED) is 0.541. The van der Waals surface area contributed by atoms with Gasteiger partial charge in [0.25, 0.3) is 0 Å². The molecule has 1 aliphatic carbocycles. The predicted octanol–water partition coefficient (Wildman–Crippen LogP) is 6.46. The molecule has 0 aromatic heterocycles. The lowest BCUT2D eigenvalue weighted by atomic mass is 9.91. The molecule has 144 valence electrons. The maximum atomic E-state index is 13.1. The summed E-state index contributed by atoms with van der Waals surface area (Å²) in [4.78, 5) is 12.7. The fourth-order valence-corrected chi connectivity index (χ4v) is 3.52. The second-order valence-corrected chi connectivity index (χ2v) is 6.75. The van der Waals surface area contributed by atoms with Gasteiger partial charge in [0.05, 0.1) is 11.1 Å². The fourth-order valence-electron chi connectivity index (χ4n) is 3.52. The minimum absolute atomic E-state index is 0.0919. The van der Waals surface area contributed by atoms with Crippen molar-refractivity contribution in [1.29, 1.82) is 0 Å². The van der Waals surface area contributed by atoms with E-state index in [0.717, 1.165) is 5.56 Å². The second-order valence-electron chi connectivity index (χ2n) is 6.75. The van der Waals surface area contributed by atoms with Crippen molar-refractivity contribution in [2.24, 2.45) is 5.92 Å². The van der Waals surface area contributed by atoms with Gasteiger partial charge in [-0.25, -0.2) is 0 Å². The molecule has 1 unspecified atom stereocenters. The smallest absolute Gasteiger partial charge is 0.294 e. The van der Waals surface area contributed by atoms with Crippen LogP contribution in [-0.4, -0.2) is 5.78 Å². The Hall–Kier alpha value is -2.31. The van der Waals surface area contributed by atoms with Gasteiger partial charge >= 0.3 is 12.4 Å². The predicted molar refractivity (Wildman–Crippen MR) is 88.4 cm³/mol. The third-order valence-corrected chi connectivity index (χ3v) is 5.01. The van der Waals surface area contributed by atoms with Crippen molar-refractivity contribution in [2.45, 2.75) is 39.0 Å². The van der Waals surface area contributed by atoms with Crippen molar-refractivity contribution in [1.82, 2.24) is 0 Å². The molecule has 0 saturated heterocycles. The SMILES string of the molecule is CCC1Cc2c(C)ccc(-c3cc(C(F)(F)F)cc(C(F)(F)F)c3)c2C1=O. The van der Waals surface area contributed by atoms with Gasteiger partial charge in [-0.1, -0.05) is 19.1 Å². The van der Waals surface area contributed by atoms with E-state index in [9.17, 15) is 31.1 Å². The number of halogens is 6. The first-order chi connectivity index (χ1) is 12.4. The molecule has 0 radical (unpaired) electrons. The summed E-state index contributed by atoms with van der Waals surface area (Å²) in [6.45, 7) is 3.61. The van der Waals surface area contributed by atoms with Crippen LogP contribution in [0.25, 0.3) is 11.1 Å². The van der Waals surface area contributed by atoms with Crippen molar-refractivity contribution >= 4 is 5.78 Å². The number of rotatable bonds is 2. The van der Waals surface area contributed by atoms with Gasteiger partial charge in [-0.15, -0.1) is 0 Å². The van der Waals surface area contributed by atoms with E-state index >= 15 is 0 Å². The van der Waals surface area contributed by atoms with Crippen molar-refractivity contribution in [3.05, 3.63) is 58.1 Å². The number of benzene rings is 2. The highest BCUT2D eigenvalue weighted by Crippen LogP contribution is 2.42. The lowest BCUT2D eigenvalue weighted by molar-refractivity contribution is -0.143. The second kappa shape index (κ2) is 6.39. The van der Waals surface area contributed by atoms with Crippen LogP contribution >= 0.6 is 0 Å². The zero-order valence-electron chi connectivity index (χ0n) is 14.6. The van der Waals surface area contributed by atoms with Gasteiger partial charge in [0.2, 0.25) is 0 Å². The van der Waals surface area contributed by atoms with Crippen LogP contribution in [0.1, 0.15) is 46.0 Å². The molecule has 1 nitrogen and oxygen atoms in total. The van der Waals surface area contributed by atoms with E-state index in [2.05, 4.69) is 0 Å². The Bertz CT molecular complexity index is 876. The van der Waals surface area contributed by atoms with Crippen LogP contribution in [0.15, 0.2) is 30.3 Å². The number of Topliss-reactive ketones (excluding diaryl/α,β-unsaturated/α-hetero) is 1. The Morgan fingerprint density at radius 3 is 2.00 bits per heavy atom. The topological polar surface area (TPSA) is 17.1 Å². The van der Waals surface area contributed by atoms with Crippen LogP contribution in [-0.2, 0) is 18.8 Å². The molecule has 0 spiro atoms. The molecule has 0 N–H and O–H groups in total. The Balaban J connectivity index is 2.27. The minimum Gasteiger partial charge on any atom is -0.294 e. The number of hydrogen-bond acceptors (Lipinski definition) is 1. The highest BCUT2D eigenvalue weighted by molar-refractivity contribution is 6.08. The van der Waals surface area contributed by atoms with E-state index in [4.69, 9.17) is 0 Å². The average Bonchev–Trinajstić information content (AvgIpc) is 2.91. The summed E-state index contributed by atoms with van der Waals surface area (Å²) in [6, 6.07) is 4.50. The third-order valence-electron chi connectivity index (χ3n) is 5.01. The molecular weight excluding hydrogens is 370 g/mol. The Labute approximate surface area is 152 Å². The molecule has 0 amide bonds. The van der Waals surface area contributed by atoms with E-state index < -0.39 is 23.5 Å². The lowest BCUT2D eigenvalue weighted by Crippen LogP contribution is -2.12. The maximum Gasteiger partial charge on any atom is 0.416 e. The monoisotopic (exact) mass is 386 g/mol. The number of aryl methyl sites for hydroxylation is 1. The van der Waals surface area contributed by atoms with Crippen LogP contribution in [0.5, 0.6) is 0 Å². The van der Waals surface area contributed by atoms with Gasteiger partial charge in [0.15, 0.2) is 5.78 Å². The Morgan fingerprint density at radius 2 is 1.52 bits per heavy atom. The number of hydrogen-bond donors (Lipinski definition) is 0. The van der Waals surface area contributed by atoms with Gasteiger partial charge in [-0.3, -0.25) is 4.79 Å². The molecule has 2 aromatic carbocycles. The molecule has 0 heterocycles. The first-order valence-corrected chi connectivity index (χ1v) is 8.40. The van der Waals surface area contributed by atoms with Gasteiger partial charge in [0, 0.05) is 11.5 Å². The van der Waals surface area contributed by atoms with Crippen LogP contribution in [0.4, 0.5) is 26.3 Å². The molecule has 27 heavy (non-hydrogen) atoms. The molecule has 1 atom stereocenters. The number of alkyl halides is 6. The van der Waals surface area contributed by atoms with Crippen LogP contribution in [0, 0.1) is 12.8 Å². The summed E-state index contributed by atoms with van der Waals surface area (Å²) in [5, 5.41) is 0. The molecule has 0 bridgehead atoms. The fraction of sp³-hybridized carbons (Fsp3) is 0.350. The molecule has 7 heteroatoms. The highest BCUT2D eigenvalue weighted by Gasteiger charge is 2.38. The molecule has 0 aliphatic heterocycles. The van der Waals surface area contributed by atoms with Crippen molar-refractivity contribution in [3.8, 4) is 11.1 Å². The third kappa shape index (κ3) is 3.47. The van der Waals surface area contributed by atoms with E-state index in [1.165, 1.54) is 6.07 Å². The minimum atomic E-state index is -4.93. The first-order valence-electron chi connectivity index (χ1n) is 8.40. The molecule has 0 fully saturated rings. The Kier molecular flexibility index (Phi) is 4.60. The van der Waals surface area contributed by atoms with Crippen LogP contribution < -0.4 is 0 Å². The van der Waals surface area contributed by atoms with E-state index in [-0.39, 0.29) is 34.5 Å². The standard InChI is InChI=1S/C20H16F6O/c1-3-11-8-16-10(2)4-5-15(17(16)18(11)27)12-6-13(19(21,22)23)9-14(7-12)20(24,25)26/h4-7,9,11H,3,8H2,1-2H3. The largest absolute Gasteiger partial charge is 0.416 e. The average molecular weight is 386 g/mol. The summed E-state index contributed by atoms with van der Waals surface area (Å²) < 4.78 is 78.9. The number of carbonyl (C=O) groups is 1. The van der Waals surface area contributed by atoms with Crippen molar-refractivity contribution in [2.75, 3.05) is 0 Å². The molecule has 2 aromatic rings. The van der Waals surface area contributed by atoms with Crippen LogP contribution in [0.2, 0.25) is 0 Å². The Morgan fingerprint density at radius 1 is 0.963 bits per heavy atom. The first kappa shape index (κ1) is 19.5. The van der Waals surface area contributed by atoms with Gasteiger partial charge in [0.1, 0.15) is 0 Å². The number of fused-ring (bicyclic) bond motifs is 1. The molecule has 1 aliphatic rings. The number of ketones is 1. The van der Waals surface area contributed by atoms with E-state index in [0.29, 0.717) is 30.5 Å². The summed E-state index contributed by atoms with van der Waals surface area (Å²) in [6.07, 6.45) is -8.85. The highest BCUT2D eigenvalue weighted by atomic mass is 19.4. The maximum absolute atomic E-state index is 13.1. The van der Waals surface area contributed by atoms with Crippen molar-refractivity contribution < 1.29 is 31.1 Å². The molecule has 0 saturated carbocycles. The zero-order valence-corrected chi connectivity index (χ0v) is 14.6. The molecule has 3 rings (SSSR count). The zero-order chi connectivity index (χ0) is 20.1. The summed E-state index contributed by atoms with van der Waals surface area (Å²) in [5.74, 6) is -0.523. The normalized spacial score (nSPS) is 17.3. The number of carbonyl (C=O) groups excluding carboxylic acids is 1. The van der Waals surface area contributed by atoms with Crippen molar-refractivity contribution in [3.63, 3.8) is 0 Å². The van der Waals surface area contributed by atoms with E-state index in [1.54, 1.807) is 13.0 Å². The summed E-state index contributed by atoms with van der Waals surface area (Å²) in [5.41, 5.74) is -1.16.